The maximum Gasteiger partial charge on any atom is 0.343 e. The third-order valence-corrected chi connectivity index (χ3v) is 3.52. The molecule has 124 valence electrons. The highest BCUT2D eigenvalue weighted by Gasteiger charge is 2.20. The maximum atomic E-state index is 14.0. The van der Waals surface area contributed by atoms with Crippen molar-refractivity contribution in [1.82, 2.24) is 14.8 Å². The average Bonchev–Trinajstić information content (AvgIpc) is 2.83. The molecule has 24 heavy (non-hydrogen) atoms. The summed E-state index contributed by atoms with van der Waals surface area (Å²) in [5.74, 6) is -2.42. The molecule has 2 heterocycles. The molecule has 0 aliphatic carbocycles. The summed E-state index contributed by atoms with van der Waals surface area (Å²) in [5.41, 5.74) is -0.834. The number of ether oxygens (including phenoxy) is 1. The number of nitrogens with zero attached hydrogens (tertiary/aromatic N) is 2. The number of halogens is 2. The number of aromatic amines is 1. The zero-order chi connectivity index (χ0) is 17.4. The highest BCUT2D eigenvalue weighted by Crippen LogP contribution is 2.23. The van der Waals surface area contributed by atoms with Gasteiger partial charge in [0, 0.05) is 5.39 Å². The first kappa shape index (κ1) is 15.9. The fraction of sp³-hybridized carbons (Fsp3) is 0.188. The van der Waals surface area contributed by atoms with Crippen LogP contribution in [0.15, 0.2) is 29.1 Å². The summed E-state index contributed by atoms with van der Waals surface area (Å²) in [6.07, 6.45) is 0. The predicted octanol–water partition coefficient (Wildman–Crippen LogP) is 2.48. The first-order valence-electron chi connectivity index (χ1n) is 7.18. The molecule has 0 saturated carbocycles. The summed E-state index contributed by atoms with van der Waals surface area (Å²) >= 11 is 0. The molecule has 1 N–H and O–H groups in total. The van der Waals surface area contributed by atoms with Crippen LogP contribution in [-0.2, 0) is 4.74 Å². The van der Waals surface area contributed by atoms with E-state index in [0.717, 1.165) is 16.8 Å². The molecule has 2 aromatic heterocycles. The number of pyridine rings is 1. The molecule has 0 radical (unpaired) electrons. The summed E-state index contributed by atoms with van der Waals surface area (Å²) < 4.78 is 33.8. The lowest BCUT2D eigenvalue weighted by Gasteiger charge is -2.06. The number of carbonyl (C=O) groups is 1. The summed E-state index contributed by atoms with van der Waals surface area (Å²) in [7, 11) is 0. The van der Waals surface area contributed by atoms with Gasteiger partial charge in [0.25, 0.3) is 5.56 Å². The van der Waals surface area contributed by atoms with E-state index < -0.39 is 28.9 Å². The average molecular weight is 333 g/mol. The van der Waals surface area contributed by atoms with Gasteiger partial charge in [-0.25, -0.2) is 18.3 Å². The van der Waals surface area contributed by atoms with Crippen LogP contribution >= 0.6 is 0 Å². The minimum absolute atomic E-state index is 0.0922. The van der Waals surface area contributed by atoms with Crippen molar-refractivity contribution in [3.05, 3.63) is 57.5 Å². The van der Waals surface area contributed by atoms with E-state index >= 15 is 0 Å². The van der Waals surface area contributed by atoms with Gasteiger partial charge in [0.15, 0.2) is 11.6 Å². The Hall–Kier alpha value is -3.03. The minimum atomic E-state index is -0.824. The summed E-state index contributed by atoms with van der Waals surface area (Å²) in [6, 6.07) is 4.72. The van der Waals surface area contributed by atoms with Crippen LogP contribution in [0.5, 0.6) is 0 Å². The Balaban J connectivity index is 2.29. The largest absolute Gasteiger partial charge is 0.462 e. The third-order valence-electron chi connectivity index (χ3n) is 3.52. The number of nitrogens with one attached hydrogen (secondary N) is 1. The van der Waals surface area contributed by atoms with Gasteiger partial charge in [0.1, 0.15) is 16.9 Å². The molecule has 0 saturated heterocycles. The molecule has 0 bridgehead atoms. The fourth-order valence-corrected chi connectivity index (χ4v) is 2.43. The van der Waals surface area contributed by atoms with E-state index in [1.54, 1.807) is 13.8 Å². The monoisotopic (exact) mass is 333 g/mol. The fourth-order valence-electron chi connectivity index (χ4n) is 2.43. The normalized spacial score (nSPS) is 11.0. The summed E-state index contributed by atoms with van der Waals surface area (Å²) in [4.78, 5) is 26.4. The van der Waals surface area contributed by atoms with Gasteiger partial charge in [0.05, 0.1) is 12.3 Å². The van der Waals surface area contributed by atoms with E-state index in [9.17, 15) is 18.4 Å². The van der Waals surface area contributed by atoms with E-state index in [1.165, 1.54) is 12.1 Å². The first-order valence-corrected chi connectivity index (χ1v) is 7.18. The molecule has 0 amide bonds. The minimum Gasteiger partial charge on any atom is -0.462 e. The lowest BCUT2D eigenvalue weighted by atomic mass is 10.2. The van der Waals surface area contributed by atoms with E-state index in [1.807, 2.05) is 0 Å². The van der Waals surface area contributed by atoms with E-state index in [-0.39, 0.29) is 17.8 Å². The molecule has 1 aromatic carbocycles. The molecule has 0 aliphatic rings. The van der Waals surface area contributed by atoms with Crippen LogP contribution in [0.4, 0.5) is 8.78 Å². The van der Waals surface area contributed by atoms with Crippen LogP contribution in [0, 0.1) is 18.6 Å². The zero-order valence-electron chi connectivity index (χ0n) is 12.9. The second-order valence-electron chi connectivity index (χ2n) is 5.06. The van der Waals surface area contributed by atoms with Gasteiger partial charge in [-0.2, -0.15) is 5.10 Å². The van der Waals surface area contributed by atoms with E-state index in [2.05, 4.69) is 10.1 Å². The van der Waals surface area contributed by atoms with Gasteiger partial charge in [-0.3, -0.25) is 4.79 Å². The Morgan fingerprint density at radius 3 is 2.62 bits per heavy atom. The smallest absolute Gasteiger partial charge is 0.343 e. The van der Waals surface area contributed by atoms with E-state index in [4.69, 9.17) is 4.74 Å². The van der Waals surface area contributed by atoms with Crippen molar-refractivity contribution in [3.8, 4) is 5.69 Å². The van der Waals surface area contributed by atoms with Crippen molar-refractivity contribution in [2.24, 2.45) is 0 Å². The highest BCUT2D eigenvalue weighted by atomic mass is 19.1. The first-order chi connectivity index (χ1) is 11.4. The molecule has 0 atom stereocenters. The van der Waals surface area contributed by atoms with Gasteiger partial charge in [-0.1, -0.05) is 6.07 Å². The molecule has 0 spiro atoms. The number of fused-ring (bicyclic) bond motifs is 1. The van der Waals surface area contributed by atoms with Crippen LogP contribution in [0.3, 0.4) is 0 Å². The molecule has 0 unspecified atom stereocenters. The van der Waals surface area contributed by atoms with Crippen molar-refractivity contribution in [2.45, 2.75) is 13.8 Å². The number of hydrogen-bond donors (Lipinski definition) is 1. The van der Waals surface area contributed by atoms with Crippen molar-refractivity contribution >= 4 is 17.0 Å². The van der Waals surface area contributed by atoms with Crippen LogP contribution in [0.25, 0.3) is 16.7 Å². The van der Waals surface area contributed by atoms with Crippen LogP contribution in [0.2, 0.25) is 0 Å². The number of aromatic nitrogens is 3. The topological polar surface area (TPSA) is 77.0 Å². The van der Waals surface area contributed by atoms with Crippen molar-refractivity contribution < 1.29 is 18.3 Å². The number of hydrogen-bond acceptors (Lipinski definition) is 4. The Labute approximate surface area is 134 Å². The van der Waals surface area contributed by atoms with Crippen LogP contribution in [0.1, 0.15) is 23.0 Å². The standard InChI is InChI=1S/C16H13F2N3O3/c1-3-24-16(23)10-7-9-8(2)20-21(14(9)19-15(10)22)13-11(17)5-4-6-12(13)18/h4-7H,3H2,1-2H3,(H,19,22). The highest BCUT2D eigenvalue weighted by molar-refractivity contribution is 5.93. The quantitative estimate of drug-likeness (QED) is 0.747. The SMILES string of the molecule is CCOC(=O)c1cc2c(C)nn(-c3c(F)cccc3F)c2[nH]c1=O. The molecule has 0 aliphatic heterocycles. The Morgan fingerprint density at radius 1 is 1.33 bits per heavy atom. The van der Waals surface area contributed by atoms with Crippen molar-refractivity contribution in [1.29, 1.82) is 0 Å². The predicted molar refractivity (Wildman–Crippen MR) is 82.3 cm³/mol. The number of esters is 1. The number of benzene rings is 1. The maximum absolute atomic E-state index is 14.0. The van der Waals surface area contributed by atoms with Crippen molar-refractivity contribution in [3.63, 3.8) is 0 Å². The van der Waals surface area contributed by atoms with Gasteiger partial charge >= 0.3 is 5.97 Å². The molecular formula is C16H13F2N3O3. The van der Waals surface area contributed by atoms with Crippen LogP contribution < -0.4 is 5.56 Å². The Bertz CT molecular complexity index is 987. The van der Waals surface area contributed by atoms with Crippen LogP contribution in [-0.4, -0.2) is 27.3 Å². The molecular weight excluding hydrogens is 320 g/mol. The van der Waals surface area contributed by atoms with Crippen molar-refractivity contribution in [2.75, 3.05) is 6.61 Å². The molecule has 8 heteroatoms. The van der Waals surface area contributed by atoms with Gasteiger partial charge < -0.3 is 9.72 Å². The summed E-state index contributed by atoms with van der Waals surface area (Å²) in [5, 5.41) is 4.47. The number of carbonyl (C=O) groups excluding carboxylic acids is 1. The number of H-pyrrole nitrogens is 1. The molecule has 3 rings (SSSR count). The number of para-hydroxylation sites is 1. The Kier molecular flexibility index (Phi) is 3.88. The molecule has 6 nitrogen and oxygen atoms in total. The molecule has 3 aromatic rings. The second kappa shape index (κ2) is 5.88. The number of aryl methyl sites for hydroxylation is 1. The van der Waals surface area contributed by atoms with Gasteiger partial charge in [0.2, 0.25) is 0 Å². The van der Waals surface area contributed by atoms with Gasteiger partial charge in [-0.05, 0) is 32.0 Å². The lowest BCUT2D eigenvalue weighted by Crippen LogP contribution is -2.20. The second-order valence-corrected chi connectivity index (χ2v) is 5.06. The van der Waals surface area contributed by atoms with E-state index in [0.29, 0.717) is 11.1 Å². The Morgan fingerprint density at radius 2 is 2.00 bits per heavy atom. The number of rotatable bonds is 3. The molecule has 0 fully saturated rings. The lowest BCUT2D eigenvalue weighted by molar-refractivity contribution is 0.0524. The summed E-state index contributed by atoms with van der Waals surface area (Å²) in [6.45, 7) is 3.34. The third kappa shape index (κ3) is 2.45. The zero-order valence-corrected chi connectivity index (χ0v) is 12.9. The van der Waals surface area contributed by atoms with Gasteiger partial charge in [-0.15, -0.1) is 0 Å².